The van der Waals surface area contributed by atoms with Crippen molar-refractivity contribution in [3.63, 3.8) is 0 Å². The van der Waals surface area contributed by atoms with Crippen molar-refractivity contribution in [1.82, 2.24) is 0 Å². The molecule has 0 N–H and O–H groups in total. The van der Waals surface area contributed by atoms with Gasteiger partial charge in [-0.1, -0.05) is 25.5 Å². The van der Waals surface area contributed by atoms with Crippen molar-refractivity contribution in [2.75, 3.05) is 0 Å². The van der Waals surface area contributed by atoms with Crippen LogP contribution < -0.4 is 4.74 Å². The molecule has 1 nitrogen and oxygen atoms in total. The number of hydrogen-bond acceptors (Lipinski definition) is 1. The summed E-state index contributed by atoms with van der Waals surface area (Å²) in [5.41, 5.74) is 2.83. The van der Waals surface area contributed by atoms with Gasteiger partial charge in [-0.2, -0.15) is 0 Å². The minimum absolute atomic E-state index is 0.00822. The maximum absolute atomic E-state index is 5.85. The van der Waals surface area contributed by atoms with Crippen LogP contribution in [-0.2, 0) is 12.8 Å². The molecule has 0 amide bonds. The van der Waals surface area contributed by atoms with Crippen molar-refractivity contribution in [1.29, 1.82) is 0 Å². The van der Waals surface area contributed by atoms with Crippen molar-refractivity contribution < 1.29 is 4.74 Å². The molecule has 0 atom stereocenters. The number of ether oxygens (including phenoxy) is 1. The van der Waals surface area contributed by atoms with Crippen LogP contribution in [0.3, 0.4) is 0 Å². The monoisotopic (exact) mass is 204 g/mol. The Bertz CT molecular complexity index is 352. The molecule has 1 aromatic rings. The molecule has 0 spiro atoms. The quantitative estimate of drug-likeness (QED) is 0.728. The number of rotatable bonds is 3. The molecule has 1 heteroatoms. The Balaban J connectivity index is 2.15. The number of benzene rings is 1. The van der Waals surface area contributed by atoms with E-state index in [2.05, 4.69) is 39.0 Å². The van der Waals surface area contributed by atoms with Gasteiger partial charge in [0.2, 0.25) is 0 Å². The molecule has 0 saturated heterocycles. The van der Waals surface area contributed by atoms with E-state index in [1.54, 1.807) is 0 Å². The van der Waals surface area contributed by atoms with E-state index in [0.717, 1.165) is 12.2 Å². The molecular formula is C14H20O. The molecule has 0 fully saturated rings. The SMILES string of the molecule is CCCCc1ccc2c(c1)CC(C)(C)O2. The second-order valence-electron chi connectivity index (χ2n) is 5.08. The van der Waals surface area contributed by atoms with Crippen LogP contribution in [0.4, 0.5) is 0 Å². The van der Waals surface area contributed by atoms with Crippen LogP contribution in [0, 0.1) is 0 Å². The first-order valence-electron chi connectivity index (χ1n) is 5.91. The lowest BCUT2D eigenvalue weighted by atomic mass is 9.99. The summed E-state index contributed by atoms with van der Waals surface area (Å²) >= 11 is 0. The zero-order chi connectivity index (χ0) is 10.9. The summed E-state index contributed by atoms with van der Waals surface area (Å²) in [6.07, 6.45) is 4.79. The highest BCUT2D eigenvalue weighted by atomic mass is 16.5. The molecule has 1 aliphatic rings. The summed E-state index contributed by atoms with van der Waals surface area (Å²) in [4.78, 5) is 0. The zero-order valence-electron chi connectivity index (χ0n) is 9.97. The average molecular weight is 204 g/mol. The summed E-state index contributed by atoms with van der Waals surface area (Å²) in [5, 5.41) is 0. The lowest BCUT2D eigenvalue weighted by molar-refractivity contribution is 0.138. The van der Waals surface area contributed by atoms with E-state index in [1.165, 1.54) is 30.4 Å². The second kappa shape index (κ2) is 3.88. The molecule has 0 radical (unpaired) electrons. The number of fused-ring (bicyclic) bond motifs is 1. The molecular weight excluding hydrogens is 184 g/mol. The first-order chi connectivity index (χ1) is 7.11. The molecule has 0 aliphatic carbocycles. The Morgan fingerprint density at radius 3 is 2.87 bits per heavy atom. The third kappa shape index (κ3) is 2.34. The third-order valence-corrected chi connectivity index (χ3v) is 2.95. The Labute approximate surface area is 92.5 Å². The molecule has 2 rings (SSSR count). The molecule has 0 unspecified atom stereocenters. The van der Waals surface area contributed by atoms with E-state index in [9.17, 15) is 0 Å². The van der Waals surface area contributed by atoms with Crippen LogP contribution in [0.25, 0.3) is 0 Å². The lowest BCUT2D eigenvalue weighted by Crippen LogP contribution is -2.24. The summed E-state index contributed by atoms with van der Waals surface area (Å²) in [5.74, 6) is 1.08. The van der Waals surface area contributed by atoms with Gasteiger partial charge in [-0.25, -0.2) is 0 Å². The predicted octanol–water partition coefficient (Wildman–Crippen LogP) is 3.74. The molecule has 1 aliphatic heterocycles. The highest BCUT2D eigenvalue weighted by Gasteiger charge is 2.29. The van der Waals surface area contributed by atoms with Crippen LogP contribution in [0.5, 0.6) is 5.75 Å². The molecule has 0 bridgehead atoms. The van der Waals surface area contributed by atoms with Crippen molar-refractivity contribution >= 4 is 0 Å². The van der Waals surface area contributed by atoms with Gasteiger partial charge in [0.25, 0.3) is 0 Å². The largest absolute Gasteiger partial charge is 0.487 e. The summed E-state index contributed by atoms with van der Waals surface area (Å²) in [6, 6.07) is 6.66. The smallest absolute Gasteiger partial charge is 0.123 e. The van der Waals surface area contributed by atoms with Gasteiger partial charge in [-0.15, -0.1) is 0 Å². The maximum Gasteiger partial charge on any atom is 0.123 e. The van der Waals surface area contributed by atoms with E-state index in [0.29, 0.717) is 0 Å². The Hall–Kier alpha value is -0.980. The number of aryl methyl sites for hydroxylation is 1. The fourth-order valence-corrected chi connectivity index (χ4v) is 2.20. The van der Waals surface area contributed by atoms with Crippen LogP contribution in [-0.4, -0.2) is 5.60 Å². The molecule has 1 aromatic carbocycles. The van der Waals surface area contributed by atoms with E-state index in [1.807, 2.05) is 0 Å². The third-order valence-electron chi connectivity index (χ3n) is 2.95. The highest BCUT2D eigenvalue weighted by molar-refractivity contribution is 5.41. The minimum Gasteiger partial charge on any atom is -0.487 e. The lowest BCUT2D eigenvalue weighted by Gasteiger charge is -2.16. The Morgan fingerprint density at radius 1 is 1.33 bits per heavy atom. The van der Waals surface area contributed by atoms with Crippen molar-refractivity contribution in [3.8, 4) is 5.75 Å². The summed E-state index contributed by atoms with van der Waals surface area (Å²) in [7, 11) is 0. The van der Waals surface area contributed by atoms with Crippen molar-refractivity contribution in [2.24, 2.45) is 0 Å². The summed E-state index contributed by atoms with van der Waals surface area (Å²) < 4.78 is 5.85. The van der Waals surface area contributed by atoms with Crippen molar-refractivity contribution in [2.45, 2.75) is 52.1 Å². The predicted molar refractivity (Wildman–Crippen MR) is 63.5 cm³/mol. The van der Waals surface area contributed by atoms with Crippen LogP contribution >= 0.6 is 0 Å². The Morgan fingerprint density at radius 2 is 2.13 bits per heavy atom. The van der Waals surface area contributed by atoms with Gasteiger partial charge >= 0.3 is 0 Å². The minimum atomic E-state index is -0.00822. The van der Waals surface area contributed by atoms with Crippen LogP contribution in [0.1, 0.15) is 44.7 Å². The molecule has 1 heterocycles. The second-order valence-corrected chi connectivity index (χ2v) is 5.08. The normalized spacial score (nSPS) is 17.3. The molecule has 82 valence electrons. The average Bonchev–Trinajstić information content (AvgIpc) is 2.47. The van der Waals surface area contributed by atoms with Gasteiger partial charge in [0.1, 0.15) is 11.4 Å². The molecule has 0 aromatic heterocycles. The van der Waals surface area contributed by atoms with Gasteiger partial charge in [0.15, 0.2) is 0 Å². The molecule has 15 heavy (non-hydrogen) atoms. The van der Waals surface area contributed by atoms with E-state index in [-0.39, 0.29) is 5.60 Å². The first-order valence-corrected chi connectivity index (χ1v) is 5.91. The number of hydrogen-bond donors (Lipinski definition) is 0. The van der Waals surface area contributed by atoms with Gasteiger partial charge in [0, 0.05) is 6.42 Å². The molecule has 0 saturated carbocycles. The Kier molecular flexibility index (Phi) is 2.72. The van der Waals surface area contributed by atoms with Gasteiger partial charge < -0.3 is 4.74 Å². The van der Waals surface area contributed by atoms with E-state index in [4.69, 9.17) is 4.74 Å². The van der Waals surface area contributed by atoms with Crippen LogP contribution in [0.2, 0.25) is 0 Å². The zero-order valence-corrected chi connectivity index (χ0v) is 9.97. The fraction of sp³-hybridized carbons (Fsp3) is 0.571. The topological polar surface area (TPSA) is 9.23 Å². The van der Waals surface area contributed by atoms with Gasteiger partial charge in [-0.3, -0.25) is 0 Å². The summed E-state index contributed by atoms with van der Waals surface area (Å²) in [6.45, 7) is 6.54. The van der Waals surface area contributed by atoms with Gasteiger partial charge in [0.05, 0.1) is 0 Å². The first kappa shape index (κ1) is 10.5. The van der Waals surface area contributed by atoms with Crippen LogP contribution in [0.15, 0.2) is 18.2 Å². The van der Waals surface area contributed by atoms with E-state index >= 15 is 0 Å². The highest BCUT2D eigenvalue weighted by Crippen LogP contribution is 2.35. The van der Waals surface area contributed by atoms with Gasteiger partial charge in [-0.05, 0) is 43.9 Å². The standard InChI is InChI=1S/C14H20O/c1-4-5-6-11-7-8-13-12(9-11)10-14(2,3)15-13/h7-9H,4-6,10H2,1-3H3. The number of unbranched alkanes of at least 4 members (excludes halogenated alkanes) is 1. The van der Waals surface area contributed by atoms with E-state index < -0.39 is 0 Å². The fourth-order valence-electron chi connectivity index (χ4n) is 2.20. The van der Waals surface area contributed by atoms with Crippen molar-refractivity contribution in [3.05, 3.63) is 29.3 Å². The maximum atomic E-state index is 5.85.